The lowest BCUT2D eigenvalue weighted by Gasteiger charge is -2.31. The number of carbonyl (C=O) groups is 1. The molecule has 1 fully saturated rings. The molecular formula is C15H19BrFNO. The van der Waals surface area contributed by atoms with Crippen molar-refractivity contribution in [1.29, 1.82) is 0 Å². The minimum Gasteiger partial charge on any atom is -0.316 e. The van der Waals surface area contributed by atoms with Crippen molar-refractivity contribution in [2.24, 2.45) is 11.3 Å². The maximum Gasteiger partial charge on any atom is 0.144 e. The molecule has 1 aliphatic rings. The molecule has 19 heavy (non-hydrogen) atoms. The van der Waals surface area contributed by atoms with Gasteiger partial charge >= 0.3 is 0 Å². The van der Waals surface area contributed by atoms with Gasteiger partial charge in [0.25, 0.3) is 0 Å². The molecule has 0 aliphatic carbocycles. The number of carbonyl (C=O) groups excluding carboxylic acids is 1. The van der Waals surface area contributed by atoms with E-state index in [0.29, 0.717) is 16.8 Å². The number of hydrogen-bond donors (Lipinski definition) is 1. The lowest BCUT2D eigenvalue weighted by atomic mass is 9.71. The molecule has 1 atom stereocenters. The molecule has 0 radical (unpaired) electrons. The Balaban J connectivity index is 2.17. The third-order valence-electron chi connectivity index (χ3n) is 4.20. The van der Waals surface area contributed by atoms with Crippen molar-refractivity contribution in [2.75, 3.05) is 13.1 Å². The molecule has 2 rings (SSSR count). The first-order chi connectivity index (χ1) is 8.95. The van der Waals surface area contributed by atoms with Crippen LogP contribution in [0.3, 0.4) is 0 Å². The molecule has 0 saturated carbocycles. The van der Waals surface area contributed by atoms with Gasteiger partial charge < -0.3 is 5.32 Å². The quantitative estimate of drug-likeness (QED) is 0.918. The van der Waals surface area contributed by atoms with Crippen LogP contribution in [-0.4, -0.2) is 18.9 Å². The lowest BCUT2D eigenvalue weighted by molar-refractivity contribution is -0.129. The molecule has 1 N–H and O–H groups in total. The van der Waals surface area contributed by atoms with Gasteiger partial charge in [-0.05, 0) is 52.5 Å². The van der Waals surface area contributed by atoms with Crippen LogP contribution in [-0.2, 0) is 11.2 Å². The van der Waals surface area contributed by atoms with Crippen molar-refractivity contribution >= 4 is 21.7 Å². The third-order valence-corrected chi connectivity index (χ3v) is 4.81. The highest BCUT2D eigenvalue weighted by Crippen LogP contribution is 2.36. The predicted octanol–water partition coefficient (Wildman–Crippen LogP) is 3.34. The number of Topliss-reactive ketones (excluding diaryl/α,β-unsaturated/α-hetero) is 1. The normalized spacial score (nSPS) is 23.0. The van der Waals surface area contributed by atoms with Crippen molar-refractivity contribution in [3.8, 4) is 0 Å². The van der Waals surface area contributed by atoms with Gasteiger partial charge in [0, 0.05) is 18.4 Å². The summed E-state index contributed by atoms with van der Waals surface area (Å²) in [7, 11) is 0. The first-order valence-corrected chi connectivity index (χ1v) is 7.43. The van der Waals surface area contributed by atoms with E-state index in [9.17, 15) is 9.18 Å². The van der Waals surface area contributed by atoms with Crippen molar-refractivity contribution in [1.82, 2.24) is 5.32 Å². The van der Waals surface area contributed by atoms with E-state index in [1.54, 1.807) is 12.1 Å². The fourth-order valence-corrected chi connectivity index (χ4v) is 3.20. The van der Waals surface area contributed by atoms with Crippen LogP contribution >= 0.6 is 15.9 Å². The van der Waals surface area contributed by atoms with Gasteiger partial charge in [-0.1, -0.05) is 19.9 Å². The zero-order chi connectivity index (χ0) is 14.0. The van der Waals surface area contributed by atoms with Gasteiger partial charge in [0.1, 0.15) is 11.6 Å². The molecular weight excluding hydrogens is 309 g/mol. The summed E-state index contributed by atoms with van der Waals surface area (Å²) in [6.07, 6.45) is 1.27. The van der Waals surface area contributed by atoms with E-state index in [-0.39, 0.29) is 17.0 Å². The van der Waals surface area contributed by atoms with Crippen LogP contribution in [0.5, 0.6) is 0 Å². The highest BCUT2D eigenvalue weighted by Gasteiger charge is 2.43. The molecule has 1 unspecified atom stereocenters. The van der Waals surface area contributed by atoms with E-state index >= 15 is 0 Å². The van der Waals surface area contributed by atoms with E-state index < -0.39 is 0 Å². The van der Waals surface area contributed by atoms with Gasteiger partial charge in [-0.15, -0.1) is 0 Å². The Labute approximate surface area is 121 Å². The SMILES string of the molecule is CC(C)C1(C(=O)Cc2ccc(F)c(Br)c2)CCNC1. The predicted molar refractivity (Wildman–Crippen MR) is 77.6 cm³/mol. The van der Waals surface area contributed by atoms with E-state index in [4.69, 9.17) is 0 Å². The smallest absolute Gasteiger partial charge is 0.144 e. The average Bonchev–Trinajstić information content (AvgIpc) is 2.84. The largest absolute Gasteiger partial charge is 0.316 e. The minimum atomic E-state index is -0.294. The first-order valence-electron chi connectivity index (χ1n) is 6.63. The summed E-state index contributed by atoms with van der Waals surface area (Å²) in [5.74, 6) is 0.280. The standard InChI is InChI=1S/C15H19BrFNO/c1-10(2)15(5-6-18-9-15)14(19)8-11-3-4-13(17)12(16)7-11/h3-4,7,10,18H,5-6,8-9H2,1-2H3. The van der Waals surface area contributed by atoms with Crippen LogP contribution in [0.25, 0.3) is 0 Å². The Morgan fingerprint density at radius 2 is 2.26 bits per heavy atom. The summed E-state index contributed by atoms with van der Waals surface area (Å²) in [6.45, 7) is 5.86. The Morgan fingerprint density at radius 1 is 1.53 bits per heavy atom. The molecule has 104 valence electrons. The van der Waals surface area contributed by atoms with Gasteiger partial charge in [0.2, 0.25) is 0 Å². The summed E-state index contributed by atoms with van der Waals surface area (Å²) in [5.41, 5.74) is 0.603. The molecule has 0 aromatic heterocycles. The molecule has 1 aromatic rings. The fraction of sp³-hybridized carbons (Fsp3) is 0.533. The Morgan fingerprint density at radius 3 is 2.79 bits per heavy atom. The fourth-order valence-electron chi connectivity index (χ4n) is 2.78. The maximum absolute atomic E-state index is 13.2. The van der Waals surface area contributed by atoms with Crippen LogP contribution < -0.4 is 5.32 Å². The topological polar surface area (TPSA) is 29.1 Å². The van der Waals surface area contributed by atoms with E-state index in [1.807, 2.05) is 0 Å². The van der Waals surface area contributed by atoms with Gasteiger partial charge in [0.05, 0.1) is 4.47 Å². The molecule has 0 amide bonds. The summed E-state index contributed by atoms with van der Waals surface area (Å²) in [4.78, 5) is 12.6. The van der Waals surface area contributed by atoms with Gasteiger partial charge in [0.15, 0.2) is 0 Å². The molecule has 2 nitrogen and oxygen atoms in total. The van der Waals surface area contributed by atoms with E-state index in [2.05, 4.69) is 35.1 Å². The van der Waals surface area contributed by atoms with Gasteiger partial charge in [-0.3, -0.25) is 4.79 Å². The van der Waals surface area contributed by atoms with E-state index in [1.165, 1.54) is 6.07 Å². The lowest BCUT2D eigenvalue weighted by Crippen LogP contribution is -2.39. The van der Waals surface area contributed by atoms with Crippen molar-refractivity contribution < 1.29 is 9.18 Å². The summed E-state index contributed by atoms with van der Waals surface area (Å²) >= 11 is 3.16. The monoisotopic (exact) mass is 327 g/mol. The van der Waals surface area contributed by atoms with Crippen LogP contribution in [0.4, 0.5) is 4.39 Å². The number of ketones is 1. The minimum absolute atomic E-state index is 0.256. The second-order valence-electron chi connectivity index (χ2n) is 5.59. The Hall–Kier alpha value is -0.740. The number of benzene rings is 1. The molecule has 1 aromatic carbocycles. The number of nitrogens with one attached hydrogen (secondary N) is 1. The van der Waals surface area contributed by atoms with Crippen molar-refractivity contribution in [3.05, 3.63) is 34.1 Å². The van der Waals surface area contributed by atoms with E-state index in [0.717, 1.165) is 25.1 Å². The summed E-state index contributed by atoms with van der Waals surface area (Å²) in [6, 6.07) is 4.79. The highest BCUT2D eigenvalue weighted by atomic mass is 79.9. The highest BCUT2D eigenvalue weighted by molar-refractivity contribution is 9.10. The molecule has 0 bridgehead atoms. The Kier molecular flexibility index (Phi) is 4.41. The average molecular weight is 328 g/mol. The zero-order valence-electron chi connectivity index (χ0n) is 11.3. The van der Waals surface area contributed by atoms with Crippen molar-refractivity contribution in [3.63, 3.8) is 0 Å². The first kappa shape index (κ1) is 14.7. The second kappa shape index (κ2) is 5.71. The molecule has 1 saturated heterocycles. The van der Waals surface area contributed by atoms with Gasteiger partial charge in [-0.25, -0.2) is 4.39 Å². The van der Waals surface area contributed by atoms with Crippen molar-refractivity contribution in [2.45, 2.75) is 26.7 Å². The molecule has 4 heteroatoms. The summed E-state index contributed by atoms with van der Waals surface area (Å²) < 4.78 is 13.6. The van der Waals surface area contributed by atoms with Crippen LogP contribution in [0.2, 0.25) is 0 Å². The molecule has 1 heterocycles. The van der Waals surface area contributed by atoms with Crippen LogP contribution in [0.1, 0.15) is 25.8 Å². The second-order valence-corrected chi connectivity index (χ2v) is 6.44. The van der Waals surface area contributed by atoms with Crippen LogP contribution in [0.15, 0.2) is 22.7 Å². The van der Waals surface area contributed by atoms with Gasteiger partial charge in [-0.2, -0.15) is 0 Å². The summed E-state index contributed by atoms with van der Waals surface area (Å²) in [5, 5.41) is 3.29. The number of hydrogen-bond acceptors (Lipinski definition) is 2. The third kappa shape index (κ3) is 2.90. The molecule has 1 aliphatic heterocycles. The number of rotatable bonds is 4. The maximum atomic E-state index is 13.2. The van der Waals surface area contributed by atoms with Crippen LogP contribution in [0, 0.1) is 17.2 Å². The molecule has 0 spiro atoms. The number of halogens is 2. The zero-order valence-corrected chi connectivity index (χ0v) is 12.9. The Bertz CT molecular complexity index is 481.